The van der Waals surface area contributed by atoms with Crippen LogP contribution in [0.5, 0.6) is 5.75 Å². The fourth-order valence-corrected chi connectivity index (χ4v) is 6.28. The zero-order valence-electron chi connectivity index (χ0n) is 15.7. The van der Waals surface area contributed by atoms with Crippen LogP contribution in [0.3, 0.4) is 0 Å². The van der Waals surface area contributed by atoms with Crippen molar-refractivity contribution in [3.05, 3.63) is 94.5 Å². The van der Waals surface area contributed by atoms with Gasteiger partial charge in [0.2, 0.25) is 0 Å². The zero-order chi connectivity index (χ0) is 20.5. The summed E-state index contributed by atoms with van der Waals surface area (Å²) in [6.07, 6.45) is -0.756. The van der Waals surface area contributed by atoms with E-state index in [9.17, 15) is 4.79 Å². The molecule has 0 aliphatic carbocycles. The number of furan rings is 1. The van der Waals surface area contributed by atoms with E-state index >= 15 is 0 Å². The second kappa shape index (κ2) is 8.12. The van der Waals surface area contributed by atoms with Gasteiger partial charge in [-0.1, -0.05) is 24.3 Å². The Morgan fingerprint density at radius 3 is 2.07 bits per heavy atom. The molecule has 4 nitrogen and oxygen atoms in total. The van der Waals surface area contributed by atoms with Crippen molar-refractivity contribution in [3.63, 3.8) is 0 Å². The number of halogens is 1. The van der Waals surface area contributed by atoms with E-state index in [1.807, 2.05) is 30.3 Å². The summed E-state index contributed by atoms with van der Waals surface area (Å²) in [4.78, 5) is 13.2. The van der Waals surface area contributed by atoms with E-state index in [0.29, 0.717) is 11.5 Å². The lowest BCUT2D eigenvalue weighted by atomic mass is 10.2. The Morgan fingerprint density at radius 1 is 0.833 bits per heavy atom. The molecule has 0 spiro atoms. The van der Waals surface area contributed by atoms with Gasteiger partial charge in [-0.15, -0.1) is 0 Å². The summed E-state index contributed by atoms with van der Waals surface area (Å²) in [5.74, 6) is 1.02. The van der Waals surface area contributed by atoms with Crippen LogP contribution in [0.4, 0.5) is 4.79 Å². The summed E-state index contributed by atoms with van der Waals surface area (Å²) in [5, 5.41) is 2.57. The van der Waals surface area contributed by atoms with E-state index in [0.717, 1.165) is 3.77 Å². The summed E-state index contributed by atoms with van der Waals surface area (Å²) in [5.41, 5.74) is 0. The molecule has 5 aromatic rings. The van der Waals surface area contributed by atoms with Gasteiger partial charge in [0, 0.05) is 33.4 Å². The number of ether oxygens (including phenoxy) is 2. The van der Waals surface area contributed by atoms with Crippen LogP contribution in [0.2, 0.25) is 0 Å². The number of carbonyl (C=O) groups is 1. The average molecular weight is 527 g/mol. The number of carbonyl (C=O) groups excluding carboxylic acids is 1. The molecule has 2 aromatic heterocycles. The molecule has 0 bridgehead atoms. The molecule has 5 rings (SSSR count). The molecule has 0 saturated heterocycles. The van der Waals surface area contributed by atoms with Gasteiger partial charge in [0.15, 0.2) is 24.7 Å². The largest absolute Gasteiger partial charge is 0.514 e. The van der Waals surface area contributed by atoms with Crippen molar-refractivity contribution in [2.45, 2.75) is 6.61 Å². The lowest BCUT2D eigenvalue weighted by molar-refractivity contribution is 0.0861. The summed E-state index contributed by atoms with van der Waals surface area (Å²) in [6, 6.07) is 28.3. The first-order valence-corrected chi connectivity index (χ1v) is 11.6. The third-order valence-electron chi connectivity index (χ3n) is 4.73. The maximum absolute atomic E-state index is 12.0. The predicted octanol–water partition coefficient (Wildman–Crippen LogP) is 7.64. The van der Waals surface area contributed by atoms with Gasteiger partial charge in [0.25, 0.3) is 0 Å². The van der Waals surface area contributed by atoms with Gasteiger partial charge in [-0.25, -0.2) is 4.79 Å². The molecule has 30 heavy (non-hydrogen) atoms. The molecule has 0 saturated carbocycles. The van der Waals surface area contributed by atoms with Gasteiger partial charge in [0.1, 0.15) is 11.5 Å². The van der Waals surface area contributed by atoms with E-state index < -0.39 is 6.16 Å². The van der Waals surface area contributed by atoms with Gasteiger partial charge >= 0.3 is 6.16 Å². The normalized spacial score (nSPS) is 11.1. The molecule has 0 radical (unpaired) electrons. The van der Waals surface area contributed by atoms with Crippen LogP contribution in [0.1, 0.15) is 5.76 Å². The molecule has 0 aliphatic rings. The van der Waals surface area contributed by atoms with E-state index in [-0.39, 0.29) is 17.1 Å². The van der Waals surface area contributed by atoms with Crippen molar-refractivity contribution < 1.29 is 18.7 Å². The SMILES string of the molecule is O=C(OCc1ccc(I)o1)Oc1ccc(-[s+]2c3ccccc3c3ccccc32)cc1. The highest BCUT2D eigenvalue weighted by atomic mass is 127. The molecular weight excluding hydrogens is 511 g/mol. The molecule has 0 fully saturated rings. The standard InChI is InChI=1S/C24H16IO4S/c25-23-14-11-17(28-23)15-27-24(26)29-16-9-12-18(13-10-16)30-21-7-3-1-5-19(21)20-6-2-4-8-22(20)30/h1-14H,15H2/q+1. The maximum Gasteiger partial charge on any atom is 0.514 e. The smallest absolute Gasteiger partial charge is 0.452 e. The van der Waals surface area contributed by atoms with Crippen LogP contribution in [-0.2, 0) is 11.3 Å². The number of fused-ring (bicyclic) bond motifs is 3. The lowest BCUT2D eigenvalue weighted by Gasteiger charge is -2.04. The zero-order valence-corrected chi connectivity index (χ0v) is 18.7. The van der Waals surface area contributed by atoms with Gasteiger partial charge in [0.05, 0.1) is 0 Å². The first kappa shape index (κ1) is 19.1. The van der Waals surface area contributed by atoms with E-state index in [4.69, 9.17) is 13.9 Å². The van der Waals surface area contributed by atoms with Crippen LogP contribution in [0.15, 0.2) is 89.3 Å². The number of hydrogen-bond acceptors (Lipinski definition) is 4. The van der Waals surface area contributed by atoms with Crippen molar-refractivity contribution in [1.82, 2.24) is 0 Å². The molecule has 2 heterocycles. The number of thiophene rings is 1. The van der Waals surface area contributed by atoms with Gasteiger partial charge in [-0.05, 0) is 71.1 Å². The fraction of sp³-hybridized carbons (Fsp3) is 0.0417. The molecule has 0 amide bonds. The molecule has 0 N–H and O–H groups in total. The Labute approximate surface area is 189 Å². The first-order valence-electron chi connectivity index (χ1n) is 9.31. The highest BCUT2D eigenvalue weighted by Crippen LogP contribution is 2.48. The minimum absolute atomic E-state index is 0.0386. The van der Waals surface area contributed by atoms with Gasteiger partial charge in [-0.2, -0.15) is 0 Å². The first-order chi connectivity index (χ1) is 14.7. The third kappa shape index (κ3) is 3.68. The van der Waals surface area contributed by atoms with Crippen LogP contribution in [-0.4, -0.2) is 6.16 Å². The van der Waals surface area contributed by atoms with Crippen LogP contribution < -0.4 is 4.74 Å². The molecule has 3 aromatic carbocycles. The van der Waals surface area contributed by atoms with Crippen LogP contribution in [0.25, 0.3) is 25.1 Å². The third-order valence-corrected chi connectivity index (χ3v) is 7.64. The van der Waals surface area contributed by atoms with Crippen molar-refractivity contribution in [3.8, 4) is 10.6 Å². The Kier molecular flexibility index (Phi) is 5.18. The second-order valence-corrected chi connectivity index (χ2v) is 9.64. The Hall–Kier alpha value is -2.84. The Morgan fingerprint density at radius 2 is 1.47 bits per heavy atom. The van der Waals surface area contributed by atoms with Crippen molar-refractivity contribution in [1.29, 1.82) is 0 Å². The lowest BCUT2D eigenvalue weighted by Crippen LogP contribution is -2.10. The van der Waals surface area contributed by atoms with E-state index in [1.54, 1.807) is 6.07 Å². The Bertz CT molecular complexity index is 1300. The quantitative estimate of drug-likeness (QED) is 0.104. The molecule has 0 aliphatic heterocycles. The highest BCUT2D eigenvalue weighted by Gasteiger charge is 2.23. The van der Waals surface area contributed by atoms with Crippen molar-refractivity contribution in [2.75, 3.05) is 0 Å². The molecule has 6 heteroatoms. The average Bonchev–Trinajstić information content (AvgIpc) is 3.34. The maximum atomic E-state index is 12.0. The topological polar surface area (TPSA) is 48.7 Å². The fourth-order valence-electron chi connectivity index (χ4n) is 3.44. The second-order valence-electron chi connectivity index (χ2n) is 6.62. The summed E-state index contributed by atoms with van der Waals surface area (Å²) in [6.45, 7) is 0.0386. The highest BCUT2D eigenvalue weighted by molar-refractivity contribution is 14.1. The van der Waals surface area contributed by atoms with Crippen molar-refractivity contribution >= 4 is 59.4 Å². The summed E-state index contributed by atoms with van der Waals surface area (Å²) < 4.78 is 19.2. The monoisotopic (exact) mass is 527 g/mol. The predicted molar refractivity (Wildman–Crippen MR) is 128 cm³/mol. The molecule has 0 atom stereocenters. The molecular formula is C24H16IO4S+. The van der Waals surface area contributed by atoms with Crippen LogP contribution >= 0.6 is 33.1 Å². The number of hydrogen-bond donors (Lipinski definition) is 0. The number of benzene rings is 3. The number of rotatable bonds is 4. The summed E-state index contributed by atoms with van der Waals surface area (Å²) in [7, 11) is -0.172. The van der Waals surface area contributed by atoms with Gasteiger partial charge < -0.3 is 13.9 Å². The molecule has 148 valence electrons. The van der Waals surface area contributed by atoms with Gasteiger partial charge in [-0.3, -0.25) is 0 Å². The Balaban J connectivity index is 1.38. The minimum Gasteiger partial charge on any atom is -0.452 e. The van der Waals surface area contributed by atoms with E-state index in [2.05, 4.69) is 71.1 Å². The van der Waals surface area contributed by atoms with Crippen LogP contribution in [0, 0.1) is 3.77 Å². The molecule has 0 unspecified atom stereocenters. The van der Waals surface area contributed by atoms with Crippen molar-refractivity contribution in [2.24, 2.45) is 0 Å². The summed E-state index contributed by atoms with van der Waals surface area (Å²) >= 11 is 2.06. The van der Waals surface area contributed by atoms with E-state index in [1.165, 1.54) is 25.1 Å². The minimum atomic E-state index is -0.756.